The summed E-state index contributed by atoms with van der Waals surface area (Å²) in [5.74, 6) is 0. The van der Waals surface area contributed by atoms with Crippen molar-refractivity contribution in [1.29, 1.82) is 0 Å². The molecule has 1 aliphatic heterocycles. The topological polar surface area (TPSA) is 48.0 Å². The van der Waals surface area contributed by atoms with E-state index >= 15 is 0 Å². The molecule has 0 aliphatic carbocycles. The van der Waals surface area contributed by atoms with E-state index in [0.717, 1.165) is 6.42 Å². The fourth-order valence-electron chi connectivity index (χ4n) is 2.42. The van der Waals surface area contributed by atoms with Gasteiger partial charge in [0.25, 0.3) is 0 Å². The van der Waals surface area contributed by atoms with E-state index in [0.29, 0.717) is 19.8 Å². The SMILES string of the molecule is C=CCO[C@@H]1C[C@H](CO[Si](C)(C)C(C)(C)C)N(C(=O)OC(C)(C)C)C1. The Bertz CT molecular complexity index is 465. The number of amides is 1. The zero-order valence-corrected chi connectivity index (χ0v) is 18.3. The fraction of sp³-hybridized carbons (Fsp3) is 0.842. The van der Waals surface area contributed by atoms with E-state index in [9.17, 15) is 4.79 Å². The van der Waals surface area contributed by atoms with Gasteiger partial charge in [-0.05, 0) is 45.3 Å². The van der Waals surface area contributed by atoms with E-state index in [1.807, 2.05) is 20.8 Å². The van der Waals surface area contributed by atoms with Crippen LogP contribution in [0.5, 0.6) is 0 Å². The van der Waals surface area contributed by atoms with Crippen LogP contribution in [0.4, 0.5) is 4.79 Å². The average Bonchev–Trinajstić information content (AvgIpc) is 2.83. The van der Waals surface area contributed by atoms with E-state index in [1.165, 1.54) is 0 Å². The van der Waals surface area contributed by atoms with Crippen molar-refractivity contribution in [1.82, 2.24) is 4.90 Å². The number of rotatable bonds is 6. The van der Waals surface area contributed by atoms with Gasteiger partial charge >= 0.3 is 6.09 Å². The Morgan fingerprint density at radius 3 is 2.32 bits per heavy atom. The molecule has 5 nitrogen and oxygen atoms in total. The molecule has 0 aromatic carbocycles. The Morgan fingerprint density at radius 1 is 1.24 bits per heavy atom. The number of hydrogen-bond acceptors (Lipinski definition) is 4. The highest BCUT2D eigenvalue weighted by Gasteiger charge is 2.42. The molecule has 146 valence electrons. The summed E-state index contributed by atoms with van der Waals surface area (Å²) in [5, 5.41) is 0.140. The van der Waals surface area contributed by atoms with Crippen molar-refractivity contribution in [2.45, 2.75) is 83.8 Å². The monoisotopic (exact) mass is 371 g/mol. The highest BCUT2D eigenvalue weighted by Crippen LogP contribution is 2.37. The molecule has 6 heteroatoms. The Hall–Kier alpha value is -0.853. The van der Waals surface area contributed by atoms with Gasteiger partial charge in [0.15, 0.2) is 8.32 Å². The molecule has 0 unspecified atom stereocenters. The molecule has 0 radical (unpaired) electrons. The summed E-state index contributed by atoms with van der Waals surface area (Å²) in [6, 6.07) is -0.0150. The van der Waals surface area contributed by atoms with Crippen molar-refractivity contribution in [3.8, 4) is 0 Å². The van der Waals surface area contributed by atoms with Gasteiger partial charge in [0.05, 0.1) is 31.9 Å². The molecule has 1 aliphatic rings. The first-order chi connectivity index (χ1) is 11.3. The van der Waals surface area contributed by atoms with Crippen LogP contribution < -0.4 is 0 Å². The van der Waals surface area contributed by atoms with Crippen LogP contribution in [0.2, 0.25) is 18.1 Å². The first kappa shape index (κ1) is 22.2. The van der Waals surface area contributed by atoms with Crippen molar-refractivity contribution in [2.24, 2.45) is 0 Å². The second kappa shape index (κ2) is 8.23. The van der Waals surface area contributed by atoms with Crippen LogP contribution in [0.25, 0.3) is 0 Å². The average molecular weight is 372 g/mol. The second-order valence-corrected chi connectivity index (χ2v) is 14.1. The Balaban J connectivity index is 2.80. The molecule has 25 heavy (non-hydrogen) atoms. The van der Waals surface area contributed by atoms with E-state index in [4.69, 9.17) is 13.9 Å². The lowest BCUT2D eigenvalue weighted by Gasteiger charge is -2.38. The summed E-state index contributed by atoms with van der Waals surface area (Å²) >= 11 is 0. The molecule has 1 rings (SSSR count). The molecule has 0 saturated carbocycles. The third-order valence-corrected chi connectivity index (χ3v) is 9.40. The molecule has 0 aromatic rings. The maximum Gasteiger partial charge on any atom is 0.410 e. The standard InChI is InChI=1S/C19H37NO4Si/c1-10-11-22-16-12-15(14-23-25(8,9)19(5,6)7)20(13-16)17(21)24-18(2,3)4/h10,15-16H,1,11-14H2,2-9H3/t15-,16-/m1/s1. The summed E-state index contributed by atoms with van der Waals surface area (Å²) in [4.78, 5) is 14.4. The summed E-state index contributed by atoms with van der Waals surface area (Å²) in [5.41, 5.74) is -0.512. The molecule has 1 saturated heterocycles. The van der Waals surface area contributed by atoms with Crippen LogP contribution in [0, 0.1) is 0 Å². The van der Waals surface area contributed by atoms with Gasteiger partial charge in [-0.3, -0.25) is 0 Å². The zero-order chi connectivity index (χ0) is 19.5. The number of nitrogens with zero attached hydrogens (tertiary/aromatic N) is 1. The van der Waals surface area contributed by atoms with Gasteiger partial charge in [-0.1, -0.05) is 26.8 Å². The van der Waals surface area contributed by atoms with E-state index in [-0.39, 0.29) is 23.3 Å². The van der Waals surface area contributed by atoms with Crippen molar-refractivity contribution in [3.63, 3.8) is 0 Å². The summed E-state index contributed by atoms with van der Waals surface area (Å²) in [6.45, 7) is 22.0. The summed E-state index contributed by atoms with van der Waals surface area (Å²) in [7, 11) is -1.87. The minimum atomic E-state index is -1.87. The van der Waals surface area contributed by atoms with Crippen molar-refractivity contribution >= 4 is 14.4 Å². The van der Waals surface area contributed by atoms with E-state index < -0.39 is 13.9 Å². The number of carbonyl (C=O) groups excluding carboxylic acids is 1. The fourth-order valence-corrected chi connectivity index (χ4v) is 3.46. The quantitative estimate of drug-likeness (QED) is 0.506. The largest absolute Gasteiger partial charge is 0.444 e. The molecule has 1 amide bonds. The molecular formula is C19H37NO4Si. The minimum Gasteiger partial charge on any atom is -0.444 e. The highest BCUT2D eigenvalue weighted by molar-refractivity contribution is 6.74. The van der Waals surface area contributed by atoms with Crippen LogP contribution >= 0.6 is 0 Å². The molecule has 0 aromatic heterocycles. The predicted molar refractivity (Wildman–Crippen MR) is 104 cm³/mol. The normalized spacial score (nSPS) is 22.2. The Kier molecular flexibility index (Phi) is 7.30. The minimum absolute atomic E-state index is 0.00136. The van der Waals surface area contributed by atoms with Gasteiger partial charge in [0.2, 0.25) is 0 Å². The molecule has 1 heterocycles. The predicted octanol–water partition coefficient (Wildman–Crippen LogP) is 4.59. The van der Waals surface area contributed by atoms with Gasteiger partial charge in [-0.2, -0.15) is 0 Å². The van der Waals surface area contributed by atoms with Gasteiger partial charge in [0.1, 0.15) is 5.60 Å². The number of hydrogen-bond donors (Lipinski definition) is 0. The van der Waals surface area contributed by atoms with Crippen LogP contribution in [-0.4, -0.2) is 56.8 Å². The third kappa shape index (κ3) is 6.75. The van der Waals surface area contributed by atoms with Crippen LogP contribution in [0.15, 0.2) is 12.7 Å². The Labute approximate surface area is 154 Å². The smallest absolute Gasteiger partial charge is 0.410 e. The molecule has 0 bridgehead atoms. The van der Waals surface area contributed by atoms with Crippen LogP contribution in [0.3, 0.4) is 0 Å². The van der Waals surface area contributed by atoms with Crippen LogP contribution in [0.1, 0.15) is 48.0 Å². The van der Waals surface area contributed by atoms with Crippen molar-refractivity contribution in [2.75, 3.05) is 19.8 Å². The van der Waals surface area contributed by atoms with Crippen molar-refractivity contribution < 1.29 is 18.7 Å². The second-order valence-electron chi connectivity index (χ2n) is 9.34. The van der Waals surface area contributed by atoms with Crippen molar-refractivity contribution in [3.05, 3.63) is 12.7 Å². The van der Waals surface area contributed by atoms with E-state index in [2.05, 4.69) is 40.4 Å². The number of ether oxygens (including phenoxy) is 2. The first-order valence-corrected chi connectivity index (χ1v) is 12.0. The molecular weight excluding hydrogens is 334 g/mol. The van der Waals surface area contributed by atoms with Gasteiger partial charge < -0.3 is 18.8 Å². The lowest BCUT2D eigenvalue weighted by Crippen LogP contribution is -2.46. The third-order valence-electron chi connectivity index (χ3n) is 4.90. The maximum absolute atomic E-state index is 12.6. The number of carbonyl (C=O) groups is 1. The van der Waals surface area contributed by atoms with Gasteiger partial charge in [-0.15, -0.1) is 6.58 Å². The lowest BCUT2D eigenvalue weighted by molar-refractivity contribution is 0.0150. The number of likely N-dealkylation sites (tertiary alicyclic amines) is 1. The molecule has 0 spiro atoms. The zero-order valence-electron chi connectivity index (χ0n) is 17.3. The van der Waals surface area contributed by atoms with E-state index in [1.54, 1.807) is 11.0 Å². The van der Waals surface area contributed by atoms with Gasteiger partial charge in [-0.25, -0.2) is 4.79 Å². The summed E-state index contributed by atoms with van der Waals surface area (Å²) < 4.78 is 17.7. The molecule has 0 N–H and O–H groups in total. The highest BCUT2D eigenvalue weighted by atomic mass is 28.4. The first-order valence-electron chi connectivity index (χ1n) is 9.13. The maximum atomic E-state index is 12.6. The summed E-state index contributed by atoms with van der Waals surface area (Å²) in [6.07, 6.45) is 2.21. The molecule has 1 fully saturated rings. The Morgan fingerprint density at radius 2 is 1.84 bits per heavy atom. The van der Waals surface area contributed by atoms with Crippen LogP contribution in [-0.2, 0) is 13.9 Å². The lowest BCUT2D eigenvalue weighted by atomic mass is 10.2. The van der Waals surface area contributed by atoms with Gasteiger partial charge in [0, 0.05) is 0 Å². The molecule has 2 atom stereocenters.